The number of hydrogen-bond acceptors (Lipinski definition) is 3. The number of thiophene rings is 3. The van der Waals surface area contributed by atoms with Crippen LogP contribution in [0.4, 0.5) is 0 Å². The van der Waals surface area contributed by atoms with Crippen LogP contribution in [0.2, 0.25) is 0 Å². The first kappa shape index (κ1) is 39.7. The first-order valence-corrected chi connectivity index (χ1v) is 19.5. The molecule has 0 nitrogen and oxygen atoms in total. The van der Waals surface area contributed by atoms with E-state index in [9.17, 15) is 0 Å². The van der Waals surface area contributed by atoms with Crippen LogP contribution >= 0.6 is 34.0 Å². The lowest BCUT2D eigenvalue weighted by Crippen LogP contribution is -2.24. The van der Waals surface area contributed by atoms with E-state index < -0.39 is 0 Å². The van der Waals surface area contributed by atoms with Gasteiger partial charge < -0.3 is 0 Å². The van der Waals surface area contributed by atoms with E-state index in [4.69, 9.17) is 0 Å². The van der Waals surface area contributed by atoms with Crippen molar-refractivity contribution in [2.45, 2.75) is 76.2 Å². The van der Waals surface area contributed by atoms with E-state index in [0.29, 0.717) is 5.92 Å². The number of hydrogen-bond donors (Lipinski definition) is 0. The summed E-state index contributed by atoms with van der Waals surface area (Å²) in [5.74, 6) is 0.322. The average molecular weight is 679 g/mol. The van der Waals surface area contributed by atoms with Gasteiger partial charge in [-0.3, -0.25) is 0 Å². The first-order chi connectivity index (χ1) is 23.0. The highest BCUT2D eigenvalue weighted by molar-refractivity contribution is 7.20. The van der Waals surface area contributed by atoms with Crippen molar-refractivity contribution < 1.29 is 0 Å². The Hall–Kier alpha value is -3.50. The SMILES string of the molecule is C=C/C=c1/sc(C2=c3sc(/C=C\C)c(C=C)c3=CC(C)C=C2)c(/C(=C/C)c2sc3ccccc3c2/C=C\C)/c1=C/C.CC.CC.CC. The van der Waals surface area contributed by atoms with Gasteiger partial charge in [-0.2, -0.15) is 0 Å². The third kappa shape index (κ3) is 8.33. The van der Waals surface area contributed by atoms with Gasteiger partial charge in [0.25, 0.3) is 0 Å². The molecule has 0 bridgehead atoms. The fourth-order valence-corrected chi connectivity index (χ4v) is 9.52. The van der Waals surface area contributed by atoms with Crippen LogP contribution < -0.4 is 19.5 Å². The lowest BCUT2D eigenvalue weighted by Gasteiger charge is -2.11. The Labute approximate surface area is 296 Å². The molecule has 0 saturated heterocycles. The van der Waals surface area contributed by atoms with Gasteiger partial charge in [0.1, 0.15) is 0 Å². The smallest absolute Gasteiger partial charge is 0.0448 e. The van der Waals surface area contributed by atoms with Crippen LogP contribution in [0.25, 0.3) is 57.7 Å². The van der Waals surface area contributed by atoms with Crippen molar-refractivity contribution in [3.8, 4) is 0 Å². The number of allylic oxidation sites excluding steroid dienone is 6. The molecule has 1 aliphatic carbocycles. The van der Waals surface area contributed by atoms with Gasteiger partial charge in [-0.15, -0.1) is 34.0 Å². The molecule has 0 fully saturated rings. The minimum atomic E-state index is 0.322. The van der Waals surface area contributed by atoms with Gasteiger partial charge in [-0.05, 0) is 73.4 Å². The molecule has 1 aromatic carbocycles. The molecule has 1 unspecified atom stereocenters. The average Bonchev–Trinajstić information content (AvgIpc) is 3.73. The molecule has 0 N–H and O–H groups in total. The van der Waals surface area contributed by atoms with Crippen molar-refractivity contribution in [3.05, 3.63) is 125 Å². The predicted octanol–water partition coefficient (Wildman–Crippen LogP) is 12.2. The maximum Gasteiger partial charge on any atom is 0.0448 e. The lowest BCUT2D eigenvalue weighted by molar-refractivity contribution is 0.998. The van der Waals surface area contributed by atoms with Gasteiger partial charge in [0, 0.05) is 50.5 Å². The second kappa shape index (κ2) is 20.0. The molecule has 3 aromatic heterocycles. The predicted molar refractivity (Wildman–Crippen MR) is 225 cm³/mol. The zero-order chi connectivity index (χ0) is 35.1. The monoisotopic (exact) mass is 678 g/mol. The number of benzene rings is 1. The molecule has 0 saturated carbocycles. The van der Waals surface area contributed by atoms with E-state index in [1.165, 1.54) is 72.1 Å². The molecular formula is C44H54S3. The molecule has 248 valence electrons. The van der Waals surface area contributed by atoms with E-state index in [2.05, 4.69) is 133 Å². The van der Waals surface area contributed by atoms with E-state index in [1.807, 2.05) is 87.7 Å². The Morgan fingerprint density at radius 3 is 2.11 bits per heavy atom. The topological polar surface area (TPSA) is 0 Å². The zero-order valence-corrected chi connectivity index (χ0v) is 32.9. The van der Waals surface area contributed by atoms with Gasteiger partial charge in [-0.25, -0.2) is 0 Å². The van der Waals surface area contributed by atoms with Crippen molar-refractivity contribution in [2.75, 3.05) is 0 Å². The number of rotatable bonds is 7. The summed E-state index contributed by atoms with van der Waals surface area (Å²) in [6.45, 7) is 31.0. The minimum absolute atomic E-state index is 0.322. The summed E-state index contributed by atoms with van der Waals surface area (Å²) in [7, 11) is 0. The van der Waals surface area contributed by atoms with Gasteiger partial charge in [0.15, 0.2) is 0 Å². The van der Waals surface area contributed by atoms with Crippen LogP contribution in [-0.2, 0) is 0 Å². The van der Waals surface area contributed by atoms with E-state index in [1.54, 1.807) is 0 Å². The van der Waals surface area contributed by atoms with Crippen LogP contribution in [-0.4, -0.2) is 0 Å². The standard InChI is InChI=1S/C38H36S3.3C2H6/c1-8-16-29-28-19-14-15-20-34(28)40-36(29)27(13-6)35-26(12-5)33(18-10-3)41-38(35)30-22-21-24(7)23-31-25(11-4)32(17-9-2)39-37(30)31;3*1-2/h8-24H,3-4H2,1-2,5-7H3;3*1-2H3/b16-8-,17-9-,26-12+,27-13-,33-18+;;;. The first-order valence-electron chi connectivity index (χ1n) is 17.1. The summed E-state index contributed by atoms with van der Waals surface area (Å²) in [5, 5.41) is 3.86. The summed E-state index contributed by atoms with van der Waals surface area (Å²) in [5.41, 5.74) is 6.37. The molecule has 47 heavy (non-hydrogen) atoms. The fourth-order valence-electron chi connectivity index (χ4n) is 5.57. The molecule has 0 radical (unpaired) electrons. The summed E-state index contributed by atoms with van der Waals surface area (Å²) >= 11 is 5.61. The van der Waals surface area contributed by atoms with Gasteiger partial charge in [0.05, 0.1) is 0 Å². The second-order valence-electron chi connectivity index (χ2n) is 9.94. The Bertz CT molecular complexity index is 2020. The molecule has 4 aromatic rings. The molecule has 0 amide bonds. The highest BCUT2D eigenvalue weighted by Crippen LogP contribution is 2.41. The molecular weight excluding hydrogens is 625 g/mol. The van der Waals surface area contributed by atoms with Crippen LogP contribution in [0.1, 0.15) is 107 Å². The Morgan fingerprint density at radius 1 is 0.830 bits per heavy atom. The van der Waals surface area contributed by atoms with Crippen molar-refractivity contribution in [1.29, 1.82) is 0 Å². The van der Waals surface area contributed by atoms with Crippen LogP contribution in [0.3, 0.4) is 0 Å². The van der Waals surface area contributed by atoms with E-state index >= 15 is 0 Å². The highest BCUT2D eigenvalue weighted by atomic mass is 32.1. The summed E-state index contributed by atoms with van der Waals surface area (Å²) < 4.78 is 3.85. The third-order valence-corrected chi connectivity index (χ3v) is 11.0. The van der Waals surface area contributed by atoms with Gasteiger partial charge in [0.2, 0.25) is 0 Å². The van der Waals surface area contributed by atoms with Crippen molar-refractivity contribution in [1.82, 2.24) is 0 Å². The Kier molecular flexibility index (Phi) is 16.9. The van der Waals surface area contributed by atoms with E-state index in [0.717, 1.165) is 0 Å². The van der Waals surface area contributed by atoms with Crippen LogP contribution in [0.5, 0.6) is 0 Å². The van der Waals surface area contributed by atoms with Crippen LogP contribution in [0, 0.1) is 5.92 Å². The third-order valence-electron chi connectivity index (χ3n) is 7.32. The molecule has 1 atom stereocenters. The van der Waals surface area contributed by atoms with Gasteiger partial charge >= 0.3 is 0 Å². The van der Waals surface area contributed by atoms with Crippen LogP contribution in [0.15, 0.2) is 73.9 Å². The molecule has 1 aliphatic rings. The largest absolute Gasteiger partial charge is 0.135 e. The Morgan fingerprint density at radius 2 is 1.51 bits per heavy atom. The maximum atomic E-state index is 4.20. The van der Waals surface area contributed by atoms with Crippen molar-refractivity contribution in [2.24, 2.45) is 5.92 Å². The maximum absolute atomic E-state index is 4.20. The van der Waals surface area contributed by atoms with Crippen molar-refractivity contribution in [3.63, 3.8) is 0 Å². The molecule has 0 spiro atoms. The minimum Gasteiger partial charge on any atom is -0.135 e. The summed E-state index contributed by atoms with van der Waals surface area (Å²) in [6, 6.07) is 8.76. The highest BCUT2D eigenvalue weighted by Gasteiger charge is 2.23. The van der Waals surface area contributed by atoms with E-state index in [-0.39, 0.29) is 0 Å². The van der Waals surface area contributed by atoms with Crippen molar-refractivity contribution >= 4 is 91.7 Å². The molecule has 3 heteroatoms. The molecule has 5 rings (SSSR count). The molecule has 0 aliphatic heterocycles. The zero-order valence-electron chi connectivity index (χ0n) is 30.5. The summed E-state index contributed by atoms with van der Waals surface area (Å²) in [6.07, 6.45) is 26.5. The van der Waals surface area contributed by atoms with Gasteiger partial charge in [-0.1, -0.05) is 141 Å². The fraction of sp³-hybridized carbons (Fsp3) is 0.273. The number of fused-ring (bicyclic) bond motifs is 2. The second-order valence-corrected chi connectivity index (χ2v) is 13.1. The lowest BCUT2D eigenvalue weighted by atomic mass is 9.95. The summed E-state index contributed by atoms with van der Waals surface area (Å²) in [4.78, 5) is 3.87. The normalized spacial score (nSPS) is 14.9. The Balaban J connectivity index is 0.00000121. The molecule has 3 heterocycles. The quantitative estimate of drug-likeness (QED) is 0.182.